The zero-order chi connectivity index (χ0) is 15.8. The van der Waals surface area contributed by atoms with E-state index in [1.54, 1.807) is 0 Å². The van der Waals surface area contributed by atoms with Crippen LogP contribution in [0.3, 0.4) is 0 Å². The van der Waals surface area contributed by atoms with Gasteiger partial charge in [-0.1, -0.05) is 42.5 Å². The van der Waals surface area contributed by atoms with Crippen LogP contribution < -0.4 is 4.90 Å². The van der Waals surface area contributed by atoms with Crippen LogP contribution in [0, 0.1) is 0 Å². The molecule has 0 bridgehead atoms. The van der Waals surface area contributed by atoms with Crippen LogP contribution in [-0.4, -0.2) is 32.2 Å². The van der Waals surface area contributed by atoms with Gasteiger partial charge in [0, 0.05) is 6.42 Å². The van der Waals surface area contributed by atoms with Crippen molar-refractivity contribution in [2.24, 2.45) is 0 Å². The molecule has 0 saturated carbocycles. The number of esters is 1. The second-order valence-electron chi connectivity index (χ2n) is 5.57. The highest BCUT2D eigenvalue weighted by Gasteiger charge is 2.08. The molecule has 0 saturated heterocycles. The van der Waals surface area contributed by atoms with E-state index < -0.39 is 0 Å². The summed E-state index contributed by atoms with van der Waals surface area (Å²) in [5.74, 6) is -0.0977. The molecule has 0 aromatic heterocycles. The first-order valence-electron chi connectivity index (χ1n) is 8.20. The van der Waals surface area contributed by atoms with Gasteiger partial charge in [-0.05, 0) is 36.6 Å². The van der Waals surface area contributed by atoms with Crippen molar-refractivity contribution in [1.82, 2.24) is 0 Å². The number of ether oxygens (including phenoxy) is 1. The second-order valence-corrected chi connectivity index (χ2v) is 5.57. The molecule has 0 radical (unpaired) electrons. The van der Waals surface area contributed by atoms with E-state index in [0.717, 1.165) is 26.1 Å². The molecule has 3 nitrogen and oxygen atoms in total. The van der Waals surface area contributed by atoms with Gasteiger partial charge in [-0.15, -0.1) is 0 Å². The van der Waals surface area contributed by atoms with E-state index in [1.165, 1.54) is 21.2 Å². The van der Waals surface area contributed by atoms with E-state index in [1.807, 2.05) is 18.2 Å². The Morgan fingerprint density at radius 2 is 1.77 bits per heavy atom. The van der Waals surface area contributed by atoms with Gasteiger partial charge in [0.05, 0.1) is 13.1 Å². The normalized spacial score (nSPS) is 11.0. The maximum absolute atomic E-state index is 11.9. The molecule has 3 heteroatoms. The first-order valence-corrected chi connectivity index (χ1v) is 8.20. The van der Waals surface area contributed by atoms with Crippen molar-refractivity contribution in [3.05, 3.63) is 48.0 Å². The Hall–Kier alpha value is -1.87. The minimum absolute atomic E-state index is 0.0977. The lowest BCUT2D eigenvalue weighted by molar-refractivity contribution is -0.896. The largest absolute Gasteiger partial charge is 0.460 e. The van der Waals surface area contributed by atoms with Crippen molar-refractivity contribution in [1.29, 1.82) is 0 Å². The number of hydrogen-bond donors (Lipinski definition) is 1. The zero-order valence-corrected chi connectivity index (χ0v) is 13.6. The maximum Gasteiger partial charge on any atom is 0.306 e. The van der Waals surface area contributed by atoms with E-state index in [-0.39, 0.29) is 5.97 Å². The molecule has 0 aliphatic rings. The molecule has 2 aromatic carbocycles. The Bertz CT molecular complexity index is 600. The molecule has 0 aliphatic heterocycles. The third-order valence-corrected chi connectivity index (χ3v) is 4.20. The Balaban J connectivity index is 1.83. The van der Waals surface area contributed by atoms with E-state index in [4.69, 9.17) is 4.74 Å². The number of nitrogens with one attached hydrogen (secondary N) is 1. The fourth-order valence-corrected chi connectivity index (χ4v) is 2.73. The Kier molecular flexibility index (Phi) is 6.41. The van der Waals surface area contributed by atoms with Gasteiger partial charge >= 0.3 is 5.97 Å². The average Bonchev–Trinajstić information content (AvgIpc) is 2.57. The SMILES string of the molecule is CC[NH+](CC)CCOC(=O)CCc1cccc2ccccc12. The number of hydrogen-bond acceptors (Lipinski definition) is 2. The summed E-state index contributed by atoms with van der Waals surface area (Å²) in [5.41, 5.74) is 1.21. The highest BCUT2D eigenvalue weighted by molar-refractivity contribution is 5.86. The average molecular weight is 300 g/mol. The topological polar surface area (TPSA) is 30.7 Å². The Morgan fingerprint density at radius 3 is 2.55 bits per heavy atom. The van der Waals surface area contributed by atoms with Crippen molar-refractivity contribution >= 4 is 16.7 Å². The standard InChI is InChI=1S/C19H25NO2/c1-3-20(4-2)14-15-22-19(21)13-12-17-10-7-9-16-8-5-6-11-18(16)17/h5-11H,3-4,12-15H2,1-2H3/p+1. The van der Waals surface area contributed by atoms with Crippen molar-refractivity contribution in [3.8, 4) is 0 Å². The lowest BCUT2D eigenvalue weighted by Gasteiger charge is -2.15. The predicted molar refractivity (Wildman–Crippen MR) is 90.1 cm³/mol. The number of carbonyl (C=O) groups is 1. The summed E-state index contributed by atoms with van der Waals surface area (Å²) in [6.07, 6.45) is 1.18. The smallest absolute Gasteiger partial charge is 0.306 e. The van der Waals surface area contributed by atoms with Crippen LogP contribution in [-0.2, 0) is 16.0 Å². The Labute approximate surface area is 132 Å². The fraction of sp³-hybridized carbons (Fsp3) is 0.421. The molecule has 0 fully saturated rings. The van der Waals surface area contributed by atoms with E-state index in [9.17, 15) is 4.79 Å². The zero-order valence-electron chi connectivity index (χ0n) is 13.6. The number of aryl methyl sites for hydroxylation is 1. The van der Waals surface area contributed by atoms with Crippen LogP contribution in [0.15, 0.2) is 42.5 Å². The maximum atomic E-state index is 11.9. The third kappa shape index (κ3) is 4.57. The highest BCUT2D eigenvalue weighted by atomic mass is 16.5. The van der Waals surface area contributed by atoms with Crippen LogP contribution in [0.1, 0.15) is 25.8 Å². The van der Waals surface area contributed by atoms with E-state index in [2.05, 4.69) is 38.1 Å². The molecule has 0 unspecified atom stereocenters. The van der Waals surface area contributed by atoms with E-state index in [0.29, 0.717) is 13.0 Å². The summed E-state index contributed by atoms with van der Waals surface area (Å²) in [5, 5.41) is 2.45. The lowest BCUT2D eigenvalue weighted by Crippen LogP contribution is -3.11. The molecule has 22 heavy (non-hydrogen) atoms. The van der Waals surface area contributed by atoms with Gasteiger partial charge in [0.1, 0.15) is 13.2 Å². The first kappa shape index (κ1) is 16.5. The third-order valence-electron chi connectivity index (χ3n) is 4.20. The van der Waals surface area contributed by atoms with Crippen molar-refractivity contribution in [3.63, 3.8) is 0 Å². The van der Waals surface area contributed by atoms with Crippen LogP contribution in [0.5, 0.6) is 0 Å². The van der Waals surface area contributed by atoms with Gasteiger partial charge in [0.25, 0.3) is 0 Å². The molecule has 0 amide bonds. The monoisotopic (exact) mass is 300 g/mol. The first-order chi connectivity index (χ1) is 10.7. The molecule has 0 aliphatic carbocycles. The summed E-state index contributed by atoms with van der Waals surface area (Å²) in [6, 6.07) is 14.5. The predicted octanol–water partition coefficient (Wildman–Crippen LogP) is 2.24. The van der Waals surface area contributed by atoms with Crippen molar-refractivity contribution in [2.45, 2.75) is 26.7 Å². The van der Waals surface area contributed by atoms with Gasteiger partial charge in [0.2, 0.25) is 0 Å². The number of rotatable bonds is 8. The minimum Gasteiger partial charge on any atom is -0.460 e. The lowest BCUT2D eigenvalue weighted by atomic mass is 10.0. The summed E-state index contributed by atoms with van der Waals surface area (Å²) >= 11 is 0. The van der Waals surface area contributed by atoms with Crippen LogP contribution >= 0.6 is 0 Å². The van der Waals surface area contributed by atoms with Gasteiger partial charge in [-0.25, -0.2) is 0 Å². The number of carbonyl (C=O) groups excluding carboxylic acids is 1. The highest BCUT2D eigenvalue weighted by Crippen LogP contribution is 2.19. The number of fused-ring (bicyclic) bond motifs is 1. The molecule has 0 atom stereocenters. The van der Waals surface area contributed by atoms with Crippen molar-refractivity contribution < 1.29 is 14.4 Å². The number of benzene rings is 2. The van der Waals surface area contributed by atoms with Crippen LogP contribution in [0.2, 0.25) is 0 Å². The van der Waals surface area contributed by atoms with Crippen LogP contribution in [0.4, 0.5) is 0 Å². The quantitative estimate of drug-likeness (QED) is 0.758. The second kappa shape index (κ2) is 8.54. The molecule has 0 heterocycles. The molecule has 2 aromatic rings. The molecule has 0 spiro atoms. The Morgan fingerprint density at radius 1 is 1.05 bits per heavy atom. The summed E-state index contributed by atoms with van der Waals surface area (Å²) in [6.45, 7) is 7.87. The van der Waals surface area contributed by atoms with Gasteiger partial charge < -0.3 is 9.64 Å². The van der Waals surface area contributed by atoms with Gasteiger partial charge in [-0.2, -0.15) is 0 Å². The molecule has 2 rings (SSSR count). The van der Waals surface area contributed by atoms with Gasteiger partial charge in [-0.3, -0.25) is 4.79 Å². The number of likely N-dealkylation sites (N-methyl/N-ethyl adjacent to an activating group) is 1. The minimum atomic E-state index is -0.0977. The number of quaternary nitrogens is 1. The fourth-order valence-electron chi connectivity index (χ4n) is 2.73. The van der Waals surface area contributed by atoms with Gasteiger partial charge in [0.15, 0.2) is 0 Å². The summed E-state index contributed by atoms with van der Waals surface area (Å²) < 4.78 is 5.35. The molecule has 1 N–H and O–H groups in total. The van der Waals surface area contributed by atoms with E-state index >= 15 is 0 Å². The molecule has 118 valence electrons. The van der Waals surface area contributed by atoms with Crippen LogP contribution in [0.25, 0.3) is 10.8 Å². The molecular formula is C19H26NO2+. The summed E-state index contributed by atoms with van der Waals surface area (Å²) in [7, 11) is 0. The molecular weight excluding hydrogens is 274 g/mol. The summed E-state index contributed by atoms with van der Waals surface area (Å²) in [4.78, 5) is 13.3. The van der Waals surface area contributed by atoms with Crippen molar-refractivity contribution in [2.75, 3.05) is 26.2 Å².